The molecule has 0 saturated carbocycles. The molecule has 1 aliphatic carbocycles. The average Bonchev–Trinajstić information content (AvgIpc) is 3.30. The van der Waals surface area contributed by atoms with E-state index in [1.165, 1.54) is 29.3 Å². The lowest BCUT2D eigenvalue weighted by atomic mass is 9.89. The molecule has 2 amide bonds. The molecule has 3 unspecified atom stereocenters. The van der Waals surface area contributed by atoms with E-state index in [1.807, 2.05) is 11.0 Å². The molecular formula is C19H22F2N6O. The molecule has 3 atom stereocenters. The molecule has 0 bridgehead atoms. The van der Waals surface area contributed by atoms with Gasteiger partial charge in [0.1, 0.15) is 17.8 Å². The first-order valence-corrected chi connectivity index (χ1v) is 9.23. The van der Waals surface area contributed by atoms with Crippen molar-refractivity contribution in [3.63, 3.8) is 0 Å². The second-order valence-corrected chi connectivity index (χ2v) is 7.26. The molecule has 4 rings (SSSR count). The van der Waals surface area contributed by atoms with Crippen molar-refractivity contribution in [1.82, 2.24) is 19.5 Å². The number of carbonyl (C=O) groups excluding carboxylic acids is 1. The lowest BCUT2D eigenvalue weighted by Crippen LogP contribution is -2.40. The third-order valence-electron chi connectivity index (χ3n) is 5.19. The lowest BCUT2D eigenvalue weighted by Gasteiger charge is -2.32. The van der Waals surface area contributed by atoms with E-state index in [-0.39, 0.29) is 12.1 Å². The minimum atomic E-state index is -1.22. The van der Waals surface area contributed by atoms with Crippen LogP contribution in [0, 0.1) is 5.92 Å². The smallest absolute Gasteiger partial charge is 0.322 e. The van der Waals surface area contributed by atoms with Crippen LogP contribution < -0.4 is 10.2 Å². The fourth-order valence-corrected chi connectivity index (χ4v) is 3.77. The highest BCUT2D eigenvalue weighted by molar-refractivity contribution is 5.88. The molecule has 148 valence electrons. The maximum absolute atomic E-state index is 14.4. The third-order valence-corrected chi connectivity index (χ3v) is 5.19. The average molecular weight is 388 g/mol. The van der Waals surface area contributed by atoms with Gasteiger partial charge in [-0.25, -0.2) is 18.6 Å². The summed E-state index contributed by atoms with van der Waals surface area (Å²) in [4.78, 5) is 19.6. The van der Waals surface area contributed by atoms with Crippen molar-refractivity contribution in [3.8, 4) is 0 Å². The van der Waals surface area contributed by atoms with E-state index < -0.39 is 17.9 Å². The van der Waals surface area contributed by atoms with Gasteiger partial charge < -0.3 is 9.80 Å². The van der Waals surface area contributed by atoms with Gasteiger partial charge in [-0.05, 0) is 43.2 Å². The Bertz CT molecular complexity index is 953. The molecular weight excluding hydrogens is 366 g/mol. The molecule has 2 aliphatic rings. The number of alkyl halides is 1. The zero-order valence-corrected chi connectivity index (χ0v) is 15.7. The molecule has 7 nitrogen and oxygen atoms in total. The van der Waals surface area contributed by atoms with Crippen molar-refractivity contribution < 1.29 is 13.6 Å². The minimum Gasteiger partial charge on any atom is -0.351 e. The first kappa shape index (κ1) is 18.4. The number of amides is 2. The Balaban J connectivity index is 1.64. The van der Waals surface area contributed by atoms with Gasteiger partial charge in [-0.2, -0.15) is 4.52 Å². The van der Waals surface area contributed by atoms with Crippen LogP contribution in [0.3, 0.4) is 0 Å². The highest BCUT2D eigenvalue weighted by Crippen LogP contribution is 2.35. The minimum absolute atomic E-state index is 0.181. The van der Waals surface area contributed by atoms with E-state index in [0.29, 0.717) is 23.8 Å². The van der Waals surface area contributed by atoms with E-state index in [1.54, 1.807) is 24.7 Å². The Labute approximate surface area is 161 Å². The molecule has 1 fully saturated rings. The number of hydrogen-bond donors (Lipinski definition) is 1. The summed E-state index contributed by atoms with van der Waals surface area (Å²) in [5.74, 6) is 0.128. The van der Waals surface area contributed by atoms with Crippen molar-refractivity contribution in [2.24, 2.45) is 5.92 Å². The predicted octanol–water partition coefficient (Wildman–Crippen LogP) is 3.17. The van der Waals surface area contributed by atoms with E-state index in [4.69, 9.17) is 0 Å². The number of anilines is 2. The molecule has 2 aromatic heterocycles. The maximum atomic E-state index is 14.4. The quantitative estimate of drug-likeness (QED) is 0.877. The second-order valence-electron chi connectivity index (χ2n) is 7.26. The molecule has 9 heteroatoms. The molecule has 28 heavy (non-hydrogen) atoms. The number of hydrogen-bond acceptors (Lipinski definition) is 4. The summed E-state index contributed by atoms with van der Waals surface area (Å²) in [6.07, 6.45) is 5.77. The van der Waals surface area contributed by atoms with Crippen molar-refractivity contribution in [3.05, 3.63) is 42.4 Å². The van der Waals surface area contributed by atoms with Gasteiger partial charge in [-0.1, -0.05) is 0 Å². The Kier molecular flexibility index (Phi) is 4.74. The number of nitrogens with one attached hydrogen (secondary N) is 1. The van der Waals surface area contributed by atoms with Crippen molar-refractivity contribution in [1.29, 1.82) is 0 Å². The van der Waals surface area contributed by atoms with Crippen LogP contribution >= 0.6 is 0 Å². The van der Waals surface area contributed by atoms with Gasteiger partial charge in [0, 0.05) is 32.6 Å². The topological polar surface area (TPSA) is 65.8 Å². The van der Waals surface area contributed by atoms with Gasteiger partial charge in [0.25, 0.3) is 0 Å². The molecule has 3 heterocycles. The molecule has 1 saturated heterocycles. The van der Waals surface area contributed by atoms with Gasteiger partial charge in [0.05, 0.1) is 6.20 Å². The van der Waals surface area contributed by atoms with E-state index in [0.717, 1.165) is 12.8 Å². The van der Waals surface area contributed by atoms with Crippen LogP contribution in [0.4, 0.5) is 25.2 Å². The fourth-order valence-electron chi connectivity index (χ4n) is 3.77. The number of imidazole rings is 1. The van der Waals surface area contributed by atoms with Crippen LogP contribution in [0.5, 0.6) is 0 Å². The number of allylic oxidation sites excluding steroid dienone is 3. The second kappa shape index (κ2) is 7.21. The number of rotatable bonds is 3. The summed E-state index contributed by atoms with van der Waals surface area (Å²) >= 11 is 0. The van der Waals surface area contributed by atoms with Crippen molar-refractivity contribution in [2.45, 2.75) is 25.1 Å². The van der Waals surface area contributed by atoms with E-state index >= 15 is 0 Å². The zero-order chi connectivity index (χ0) is 19.8. The van der Waals surface area contributed by atoms with Crippen LogP contribution in [0.1, 0.15) is 12.8 Å². The first-order chi connectivity index (χ1) is 13.4. The molecule has 0 aromatic carbocycles. The summed E-state index contributed by atoms with van der Waals surface area (Å²) in [6, 6.07) is 3.15. The summed E-state index contributed by atoms with van der Waals surface area (Å²) in [6.45, 7) is 0.708. The summed E-state index contributed by atoms with van der Waals surface area (Å²) < 4.78 is 29.7. The maximum Gasteiger partial charge on any atom is 0.322 e. The van der Waals surface area contributed by atoms with Crippen LogP contribution in [0.25, 0.3) is 5.65 Å². The van der Waals surface area contributed by atoms with Gasteiger partial charge in [0.15, 0.2) is 11.5 Å². The van der Waals surface area contributed by atoms with Crippen LogP contribution in [0.15, 0.2) is 42.4 Å². The Morgan fingerprint density at radius 1 is 1.36 bits per heavy atom. The van der Waals surface area contributed by atoms with Crippen LogP contribution in [-0.2, 0) is 0 Å². The number of urea groups is 1. The lowest BCUT2D eigenvalue weighted by molar-refractivity contribution is 0.230. The molecule has 0 spiro atoms. The van der Waals surface area contributed by atoms with Gasteiger partial charge in [0.2, 0.25) is 0 Å². The van der Waals surface area contributed by atoms with Gasteiger partial charge in [-0.15, -0.1) is 5.10 Å². The molecule has 1 aliphatic heterocycles. The monoisotopic (exact) mass is 388 g/mol. The van der Waals surface area contributed by atoms with Gasteiger partial charge >= 0.3 is 6.03 Å². The SMILES string of the molecule is CN(C)C(=O)Nc1cnc2ccc(N3CCCC3C3C=C(F)C=CC3F)nn12. The zero-order valence-electron chi connectivity index (χ0n) is 15.7. The molecule has 1 N–H and O–H groups in total. The molecule has 2 aromatic rings. The fraction of sp³-hybridized carbons (Fsp3) is 0.421. The van der Waals surface area contributed by atoms with Crippen LogP contribution in [-0.4, -0.2) is 58.4 Å². The number of carbonyl (C=O) groups is 1. The largest absolute Gasteiger partial charge is 0.351 e. The Morgan fingerprint density at radius 2 is 2.18 bits per heavy atom. The first-order valence-electron chi connectivity index (χ1n) is 9.23. The highest BCUT2D eigenvalue weighted by atomic mass is 19.1. The number of halogens is 2. The van der Waals surface area contributed by atoms with Crippen molar-refractivity contribution in [2.75, 3.05) is 30.9 Å². The third kappa shape index (κ3) is 3.32. The number of aromatic nitrogens is 3. The standard InChI is InChI=1S/C19H22F2N6O/c1-25(2)19(28)23-18-11-22-16-7-8-17(24-27(16)18)26-9-3-4-15(26)13-10-12(20)5-6-14(13)21/h5-8,10-11,13-15H,3-4,9H2,1-2H3,(H,23,28). The number of nitrogens with zero attached hydrogens (tertiary/aromatic N) is 5. The normalized spacial score (nSPS) is 24.5. The summed E-state index contributed by atoms with van der Waals surface area (Å²) in [5, 5.41) is 7.36. The summed E-state index contributed by atoms with van der Waals surface area (Å²) in [5.41, 5.74) is 0.587. The summed E-state index contributed by atoms with van der Waals surface area (Å²) in [7, 11) is 3.29. The highest BCUT2D eigenvalue weighted by Gasteiger charge is 2.37. The Morgan fingerprint density at radius 3 is 2.96 bits per heavy atom. The van der Waals surface area contributed by atoms with E-state index in [2.05, 4.69) is 15.4 Å². The number of fused-ring (bicyclic) bond motifs is 1. The van der Waals surface area contributed by atoms with E-state index in [9.17, 15) is 13.6 Å². The van der Waals surface area contributed by atoms with Crippen molar-refractivity contribution >= 4 is 23.3 Å². The molecule has 0 radical (unpaired) electrons. The predicted molar refractivity (Wildman–Crippen MR) is 103 cm³/mol. The van der Waals surface area contributed by atoms with Crippen LogP contribution in [0.2, 0.25) is 0 Å². The Hall–Kier alpha value is -2.97. The van der Waals surface area contributed by atoms with Gasteiger partial charge in [-0.3, -0.25) is 5.32 Å².